The number of carbonyl (C=O) groups is 1. The van der Waals surface area contributed by atoms with Crippen LogP contribution < -0.4 is 0 Å². The summed E-state index contributed by atoms with van der Waals surface area (Å²) in [7, 11) is 0. The van der Waals surface area contributed by atoms with Gasteiger partial charge in [-0.05, 0) is 64.9 Å². The van der Waals surface area contributed by atoms with Gasteiger partial charge in [-0.25, -0.2) is 0 Å². The second kappa shape index (κ2) is 11.4. The molecule has 0 aromatic heterocycles. The lowest BCUT2D eigenvalue weighted by atomic mass is 9.99. The topological polar surface area (TPSA) is 76.0 Å². The first kappa shape index (κ1) is 23.5. The molecule has 0 bridgehead atoms. The Kier molecular flexibility index (Phi) is 9.21. The quantitative estimate of drug-likeness (QED) is 0.398. The molecule has 1 unspecified atom stereocenters. The Labute approximate surface area is 178 Å². The Bertz CT molecular complexity index is 776. The first-order chi connectivity index (χ1) is 13.8. The molecule has 1 aromatic carbocycles. The highest BCUT2D eigenvalue weighted by atomic mass is 35.5. The van der Waals surface area contributed by atoms with E-state index in [4.69, 9.17) is 21.1 Å². The number of ether oxygens (including phenoxy) is 2. The summed E-state index contributed by atoms with van der Waals surface area (Å²) >= 11 is 6.09. The summed E-state index contributed by atoms with van der Waals surface area (Å²) in [6.07, 6.45) is 9.82. The van der Waals surface area contributed by atoms with E-state index in [0.717, 1.165) is 44.3 Å². The average Bonchev–Trinajstić information content (AvgIpc) is 2.72. The third-order valence-electron chi connectivity index (χ3n) is 5.21. The minimum absolute atomic E-state index is 0.0772. The standard InChI is InChI=1S/C23H31ClO5/c1-15(7-6-8-16(2)14-29-20-9-4-5-12-28-20)10-11-18-22(26)19(13-25)17(3)21(24)23(18)27/h8,10,13,20,26-27H,4-7,9,11-12,14H2,1-3H3/b15-10+,16-8+. The first-order valence-electron chi connectivity index (χ1n) is 10.1. The summed E-state index contributed by atoms with van der Waals surface area (Å²) < 4.78 is 11.3. The molecule has 1 aliphatic rings. The van der Waals surface area contributed by atoms with E-state index in [1.165, 1.54) is 5.57 Å². The van der Waals surface area contributed by atoms with Crippen molar-refractivity contribution in [3.8, 4) is 11.5 Å². The van der Waals surface area contributed by atoms with Crippen LogP contribution in [0.1, 0.15) is 67.4 Å². The van der Waals surface area contributed by atoms with Crippen LogP contribution >= 0.6 is 11.6 Å². The second-order valence-corrected chi connectivity index (χ2v) is 7.98. The van der Waals surface area contributed by atoms with Crippen molar-refractivity contribution in [2.75, 3.05) is 13.2 Å². The Hall–Kier alpha value is -1.82. The fraction of sp³-hybridized carbons (Fsp3) is 0.522. The van der Waals surface area contributed by atoms with Crippen molar-refractivity contribution in [1.82, 2.24) is 0 Å². The molecule has 1 aliphatic heterocycles. The van der Waals surface area contributed by atoms with Gasteiger partial charge in [-0.2, -0.15) is 0 Å². The number of phenols is 2. The first-order valence-corrected chi connectivity index (χ1v) is 10.5. The van der Waals surface area contributed by atoms with E-state index in [-0.39, 0.29) is 33.9 Å². The van der Waals surface area contributed by atoms with Gasteiger partial charge in [0.05, 0.1) is 17.2 Å². The van der Waals surface area contributed by atoms with E-state index in [1.54, 1.807) is 6.92 Å². The zero-order valence-electron chi connectivity index (χ0n) is 17.5. The summed E-state index contributed by atoms with van der Waals surface area (Å²) in [5, 5.41) is 20.6. The maximum atomic E-state index is 11.2. The number of rotatable bonds is 9. The molecular weight excluding hydrogens is 392 g/mol. The van der Waals surface area contributed by atoms with Gasteiger partial charge in [-0.1, -0.05) is 34.9 Å². The smallest absolute Gasteiger partial charge is 0.158 e. The predicted octanol–water partition coefficient (Wildman–Crippen LogP) is 5.63. The van der Waals surface area contributed by atoms with Crippen molar-refractivity contribution >= 4 is 17.9 Å². The molecule has 6 heteroatoms. The van der Waals surface area contributed by atoms with E-state index < -0.39 is 0 Å². The molecule has 1 atom stereocenters. The molecule has 0 amide bonds. The number of hydrogen-bond donors (Lipinski definition) is 2. The number of carbonyl (C=O) groups excluding carboxylic acids is 1. The normalized spacial score (nSPS) is 18.1. The van der Waals surface area contributed by atoms with Crippen LogP contribution in [-0.4, -0.2) is 36.0 Å². The summed E-state index contributed by atoms with van der Waals surface area (Å²) in [5.41, 5.74) is 3.06. The fourth-order valence-electron chi connectivity index (χ4n) is 3.27. The highest BCUT2D eigenvalue weighted by Gasteiger charge is 2.19. The van der Waals surface area contributed by atoms with Crippen molar-refractivity contribution < 1.29 is 24.5 Å². The zero-order chi connectivity index (χ0) is 21.4. The van der Waals surface area contributed by atoms with Crippen LogP contribution in [-0.2, 0) is 15.9 Å². The van der Waals surface area contributed by atoms with Crippen LogP contribution in [0.25, 0.3) is 0 Å². The molecule has 2 N–H and O–H groups in total. The lowest BCUT2D eigenvalue weighted by Crippen LogP contribution is -2.22. The van der Waals surface area contributed by atoms with Crippen LogP contribution in [0.2, 0.25) is 5.02 Å². The van der Waals surface area contributed by atoms with Crippen LogP contribution in [0.5, 0.6) is 11.5 Å². The van der Waals surface area contributed by atoms with Crippen LogP contribution in [0.15, 0.2) is 23.3 Å². The fourth-order valence-corrected chi connectivity index (χ4v) is 3.48. The number of hydrogen-bond acceptors (Lipinski definition) is 5. The van der Waals surface area contributed by atoms with E-state index >= 15 is 0 Å². The molecule has 0 radical (unpaired) electrons. The van der Waals surface area contributed by atoms with E-state index in [2.05, 4.69) is 6.08 Å². The third-order valence-corrected chi connectivity index (χ3v) is 5.67. The van der Waals surface area contributed by atoms with Crippen molar-refractivity contribution in [1.29, 1.82) is 0 Å². The number of aldehydes is 1. The van der Waals surface area contributed by atoms with Crippen molar-refractivity contribution in [2.24, 2.45) is 0 Å². The molecule has 0 spiro atoms. The minimum atomic E-state index is -0.207. The average molecular weight is 423 g/mol. The van der Waals surface area contributed by atoms with E-state index in [1.807, 2.05) is 19.9 Å². The van der Waals surface area contributed by atoms with Crippen LogP contribution in [0.4, 0.5) is 0 Å². The van der Waals surface area contributed by atoms with Gasteiger partial charge in [0.1, 0.15) is 11.5 Å². The molecule has 5 nitrogen and oxygen atoms in total. The summed E-state index contributed by atoms with van der Waals surface area (Å²) in [5.74, 6) is -0.379. The monoisotopic (exact) mass is 422 g/mol. The molecule has 1 fully saturated rings. The van der Waals surface area contributed by atoms with Gasteiger partial charge in [0.25, 0.3) is 0 Å². The number of benzene rings is 1. The van der Waals surface area contributed by atoms with Gasteiger partial charge in [-0.3, -0.25) is 4.79 Å². The van der Waals surface area contributed by atoms with Gasteiger partial charge >= 0.3 is 0 Å². The van der Waals surface area contributed by atoms with Crippen molar-refractivity contribution in [2.45, 2.75) is 65.6 Å². The molecular formula is C23H31ClO5. The molecule has 160 valence electrons. The highest BCUT2D eigenvalue weighted by Crippen LogP contribution is 2.40. The largest absolute Gasteiger partial charge is 0.507 e. The van der Waals surface area contributed by atoms with Crippen LogP contribution in [0, 0.1) is 6.92 Å². The number of phenolic OH excluding ortho intramolecular Hbond substituents is 2. The molecule has 0 aliphatic carbocycles. The Morgan fingerprint density at radius 2 is 1.97 bits per heavy atom. The van der Waals surface area contributed by atoms with E-state index in [0.29, 0.717) is 24.9 Å². The Balaban J connectivity index is 1.89. The Morgan fingerprint density at radius 3 is 2.62 bits per heavy atom. The third kappa shape index (κ3) is 6.59. The van der Waals surface area contributed by atoms with Gasteiger partial charge in [0.2, 0.25) is 0 Å². The number of aromatic hydroxyl groups is 2. The van der Waals surface area contributed by atoms with Crippen molar-refractivity contribution in [3.05, 3.63) is 45.0 Å². The second-order valence-electron chi connectivity index (χ2n) is 7.60. The molecule has 1 heterocycles. The van der Waals surface area contributed by atoms with Crippen LogP contribution in [0.3, 0.4) is 0 Å². The van der Waals surface area contributed by atoms with Gasteiger partial charge < -0.3 is 19.7 Å². The minimum Gasteiger partial charge on any atom is -0.507 e. The SMILES string of the molecule is C/C(=C\Cc1c(O)c(Cl)c(C)c(C=O)c1O)CC/C=C(\C)COC1CCCCO1. The summed E-state index contributed by atoms with van der Waals surface area (Å²) in [6.45, 7) is 7.00. The lowest BCUT2D eigenvalue weighted by molar-refractivity contribution is -0.156. The molecule has 1 saturated heterocycles. The molecule has 1 aromatic rings. The maximum absolute atomic E-state index is 11.2. The molecule has 29 heavy (non-hydrogen) atoms. The van der Waals surface area contributed by atoms with E-state index in [9.17, 15) is 15.0 Å². The molecule has 0 saturated carbocycles. The van der Waals surface area contributed by atoms with Crippen molar-refractivity contribution in [3.63, 3.8) is 0 Å². The van der Waals surface area contributed by atoms with Gasteiger partial charge in [0, 0.05) is 12.2 Å². The van der Waals surface area contributed by atoms with Gasteiger partial charge in [0.15, 0.2) is 12.6 Å². The maximum Gasteiger partial charge on any atom is 0.158 e. The van der Waals surface area contributed by atoms with Gasteiger partial charge in [-0.15, -0.1) is 0 Å². The zero-order valence-corrected chi connectivity index (χ0v) is 18.2. The lowest BCUT2D eigenvalue weighted by Gasteiger charge is -2.22. The number of allylic oxidation sites excluding steroid dienone is 3. The summed E-state index contributed by atoms with van der Waals surface area (Å²) in [4.78, 5) is 11.2. The Morgan fingerprint density at radius 1 is 1.21 bits per heavy atom. The summed E-state index contributed by atoms with van der Waals surface area (Å²) in [6, 6.07) is 0. The number of halogens is 1. The highest BCUT2D eigenvalue weighted by molar-refractivity contribution is 6.33. The molecule has 2 rings (SSSR count). The predicted molar refractivity (Wildman–Crippen MR) is 115 cm³/mol.